The molecule has 5 rings (SSSR count). The van der Waals surface area contributed by atoms with Gasteiger partial charge in [0.15, 0.2) is 0 Å². The molecule has 0 bridgehead atoms. The first-order chi connectivity index (χ1) is 18.3. The zero-order valence-corrected chi connectivity index (χ0v) is 20.0. The van der Waals surface area contributed by atoms with E-state index >= 15 is 0 Å². The van der Waals surface area contributed by atoms with Crippen LogP contribution in [0.3, 0.4) is 0 Å². The van der Waals surface area contributed by atoms with Crippen molar-refractivity contribution in [3.8, 4) is 28.8 Å². The summed E-state index contributed by atoms with van der Waals surface area (Å²) in [5.74, 6) is -2.11. The average molecular weight is 514 g/mol. The summed E-state index contributed by atoms with van der Waals surface area (Å²) < 4.78 is 35.8. The van der Waals surface area contributed by atoms with Crippen LogP contribution in [0, 0.1) is 28.4 Å². The predicted molar refractivity (Wildman–Crippen MR) is 133 cm³/mol. The lowest BCUT2D eigenvalue weighted by molar-refractivity contribution is -0.131. The number of amides is 2. The van der Waals surface area contributed by atoms with Crippen molar-refractivity contribution in [2.75, 3.05) is 10.6 Å². The monoisotopic (exact) mass is 514 g/mol. The number of rotatable bonds is 7. The van der Waals surface area contributed by atoms with Gasteiger partial charge in [-0.15, -0.1) is 0 Å². The lowest BCUT2D eigenvalue weighted by atomic mass is 10.0. The van der Waals surface area contributed by atoms with E-state index in [2.05, 4.69) is 20.7 Å². The van der Waals surface area contributed by atoms with Gasteiger partial charge in [0.2, 0.25) is 11.8 Å². The Labute approximate surface area is 215 Å². The Balaban J connectivity index is 1.25. The SMILES string of the molecule is Cn1cc(-c2cc(Oc3ccc(NC(=O)C4(C(=O)Nc5ccc(F)c(C#N)c5)CC4)c(F)c3)ccn2)cn1. The maximum absolute atomic E-state index is 14.9. The fraction of sp³-hybridized carbons (Fsp3) is 0.148. The summed E-state index contributed by atoms with van der Waals surface area (Å²) in [7, 11) is 1.79. The van der Waals surface area contributed by atoms with Crippen LogP contribution in [-0.2, 0) is 16.6 Å². The molecule has 1 saturated carbocycles. The summed E-state index contributed by atoms with van der Waals surface area (Å²) >= 11 is 0. The molecule has 0 unspecified atom stereocenters. The summed E-state index contributed by atoms with van der Waals surface area (Å²) in [5.41, 5.74) is -0.116. The number of ether oxygens (including phenoxy) is 1. The highest BCUT2D eigenvalue weighted by Crippen LogP contribution is 2.47. The highest BCUT2D eigenvalue weighted by atomic mass is 19.1. The van der Waals surface area contributed by atoms with Crippen LogP contribution in [0.15, 0.2) is 67.1 Å². The van der Waals surface area contributed by atoms with E-state index in [-0.39, 0.29) is 35.5 Å². The second kappa shape index (κ2) is 9.74. The number of hydrogen-bond donors (Lipinski definition) is 2. The minimum absolute atomic E-state index is 0.110. The van der Waals surface area contributed by atoms with Crippen LogP contribution in [0.5, 0.6) is 11.5 Å². The largest absolute Gasteiger partial charge is 0.457 e. The number of anilines is 2. The van der Waals surface area contributed by atoms with E-state index in [0.29, 0.717) is 11.4 Å². The Morgan fingerprint density at radius 2 is 1.79 bits per heavy atom. The first-order valence-corrected chi connectivity index (χ1v) is 11.5. The summed E-state index contributed by atoms with van der Waals surface area (Å²) in [5, 5.41) is 18.1. The summed E-state index contributed by atoms with van der Waals surface area (Å²) in [6.07, 6.45) is 5.57. The van der Waals surface area contributed by atoms with Crippen molar-refractivity contribution < 1.29 is 23.1 Å². The van der Waals surface area contributed by atoms with E-state index in [4.69, 9.17) is 10.00 Å². The number of nitrogens with zero attached hydrogens (tertiary/aromatic N) is 4. The third-order valence-corrected chi connectivity index (χ3v) is 6.12. The highest BCUT2D eigenvalue weighted by molar-refractivity contribution is 6.17. The van der Waals surface area contributed by atoms with Crippen LogP contribution >= 0.6 is 0 Å². The molecule has 1 fully saturated rings. The fourth-order valence-corrected chi connectivity index (χ4v) is 3.85. The number of aromatic nitrogens is 3. The van der Waals surface area contributed by atoms with Gasteiger partial charge in [-0.05, 0) is 49.2 Å². The number of nitrogens with one attached hydrogen (secondary N) is 2. The van der Waals surface area contributed by atoms with E-state index in [1.54, 1.807) is 48.5 Å². The van der Waals surface area contributed by atoms with Crippen LogP contribution in [0.1, 0.15) is 18.4 Å². The van der Waals surface area contributed by atoms with Crippen LogP contribution < -0.4 is 15.4 Å². The van der Waals surface area contributed by atoms with Gasteiger partial charge in [0.25, 0.3) is 0 Å². The van der Waals surface area contributed by atoms with E-state index < -0.39 is 28.9 Å². The van der Waals surface area contributed by atoms with E-state index in [0.717, 1.165) is 17.7 Å². The molecule has 9 nitrogen and oxygen atoms in total. The Morgan fingerprint density at radius 1 is 1.03 bits per heavy atom. The second-order valence-electron chi connectivity index (χ2n) is 8.82. The smallest absolute Gasteiger partial charge is 0.240 e. The molecule has 0 spiro atoms. The molecule has 0 aliphatic heterocycles. The molecule has 2 heterocycles. The molecular formula is C27H20F2N6O3. The Morgan fingerprint density at radius 3 is 2.47 bits per heavy atom. The predicted octanol–water partition coefficient (Wildman–Crippen LogP) is 4.78. The maximum Gasteiger partial charge on any atom is 0.240 e. The van der Waals surface area contributed by atoms with Crippen molar-refractivity contribution in [2.45, 2.75) is 12.8 Å². The Bertz CT molecular complexity index is 1610. The molecule has 0 radical (unpaired) electrons. The van der Waals surface area contributed by atoms with Crippen molar-refractivity contribution >= 4 is 23.2 Å². The molecule has 4 aromatic rings. The number of carbonyl (C=O) groups excluding carboxylic acids is 2. The van der Waals surface area contributed by atoms with Crippen LogP contribution in [0.4, 0.5) is 20.2 Å². The molecule has 2 amide bonds. The van der Waals surface area contributed by atoms with E-state index in [1.807, 2.05) is 0 Å². The third-order valence-electron chi connectivity index (χ3n) is 6.12. The van der Waals surface area contributed by atoms with Gasteiger partial charge in [-0.2, -0.15) is 10.4 Å². The molecule has 2 N–H and O–H groups in total. The standard InChI is InChI=1S/C27H20F2N6O3/c1-35-15-17(14-32-35)24-12-20(6-9-31-24)38-19-3-5-23(22(29)11-19)34-26(37)27(7-8-27)25(36)33-18-2-4-21(28)16(10-18)13-30/h2-6,9-12,14-15H,7-8H2,1H3,(H,33,36)(H,34,37). The minimum Gasteiger partial charge on any atom is -0.457 e. The third kappa shape index (κ3) is 4.92. The summed E-state index contributed by atoms with van der Waals surface area (Å²) in [6, 6.07) is 12.5. The number of halogens is 2. The van der Waals surface area contributed by atoms with Crippen LogP contribution in [-0.4, -0.2) is 26.6 Å². The first kappa shape index (κ1) is 24.6. The number of benzene rings is 2. The molecule has 38 heavy (non-hydrogen) atoms. The van der Waals surface area contributed by atoms with Gasteiger partial charge in [-0.1, -0.05) is 0 Å². The van der Waals surface area contributed by atoms with Gasteiger partial charge in [0.1, 0.15) is 34.6 Å². The molecule has 190 valence electrons. The quantitative estimate of drug-likeness (QED) is 0.342. The van der Waals surface area contributed by atoms with Crippen molar-refractivity contribution in [3.63, 3.8) is 0 Å². The lowest BCUT2D eigenvalue weighted by Crippen LogP contribution is -2.35. The molecule has 2 aromatic carbocycles. The molecule has 0 saturated heterocycles. The summed E-state index contributed by atoms with van der Waals surface area (Å²) in [6.45, 7) is 0. The molecule has 1 aliphatic carbocycles. The number of aryl methyl sites for hydroxylation is 1. The van der Waals surface area contributed by atoms with Crippen molar-refractivity contribution in [2.24, 2.45) is 12.5 Å². The zero-order valence-electron chi connectivity index (χ0n) is 20.0. The zero-order chi connectivity index (χ0) is 26.9. The fourth-order valence-electron chi connectivity index (χ4n) is 3.85. The van der Waals surface area contributed by atoms with Gasteiger partial charge in [-0.25, -0.2) is 8.78 Å². The first-order valence-electron chi connectivity index (χ1n) is 11.5. The van der Waals surface area contributed by atoms with Gasteiger partial charge in [0.05, 0.1) is 23.1 Å². The topological polar surface area (TPSA) is 122 Å². The molecule has 0 atom stereocenters. The van der Waals surface area contributed by atoms with Crippen molar-refractivity contribution in [1.82, 2.24) is 14.8 Å². The Hall–Kier alpha value is -5.11. The molecular weight excluding hydrogens is 494 g/mol. The van der Waals surface area contributed by atoms with Gasteiger partial charge >= 0.3 is 0 Å². The van der Waals surface area contributed by atoms with Gasteiger partial charge in [0, 0.05) is 42.8 Å². The van der Waals surface area contributed by atoms with E-state index in [1.165, 1.54) is 24.3 Å². The highest BCUT2D eigenvalue weighted by Gasteiger charge is 2.56. The molecule has 11 heteroatoms. The Kier molecular flexibility index (Phi) is 6.30. The maximum atomic E-state index is 14.9. The van der Waals surface area contributed by atoms with Gasteiger partial charge < -0.3 is 15.4 Å². The average Bonchev–Trinajstić information content (AvgIpc) is 3.61. The minimum atomic E-state index is -1.39. The van der Waals surface area contributed by atoms with Crippen molar-refractivity contribution in [1.29, 1.82) is 5.26 Å². The van der Waals surface area contributed by atoms with Crippen LogP contribution in [0.2, 0.25) is 0 Å². The molecule has 2 aromatic heterocycles. The van der Waals surface area contributed by atoms with Gasteiger partial charge in [-0.3, -0.25) is 19.3 Å². The summed E-state index contributed by atoms with van der Waals surface area (Å²) in [4.78, 5) is 30.0. The normalized spacial score (nSPS) is 13.3. The van der Waals surface area contributed by atoms with Crippen molar-refractivity contribution in [3.05, 3.63) is 84.3 Å². The number of pyridine rings is 1. The second-order valence-corrected chi connectivity index (χ2v) is 8.82. The van der Waals surface area contributed by atoms with Crippen LogP contribution in [0.25, 0.3) is 11.3 Å². The number of nitriles is 1. The number of carbonyl (C=O) groups is 2. The van der Waals surface area contributed by atoms with E-state index in [9.17, 15) is 18.4 Å². The molecule has 1 aliphatic rings. The number of hydrogen-bond acceptors (Lipinski definition) is 6. The lowest BCUT2D eigenvalue weighted by Gasteiger charge is -2.16.